The maximum absolute atomic E-state index is 6.09. The lowest BCUT2D eigenvalue weighted by atomic mass is 10.3. The van der Waals surface area contributed by atoms with Gasteiger partial charge in [0.15, 0.2) is 5.82 Å². The molecule has 0 aliphatic heterocycles. The van der Waals surface area contributed by atoms with Crippen LogP contribution >= 0.6 is 27.5 Å². The fraction of sp³-hybridized carbons (Fsp3) is 0.286. The average Bonchev–Trinajstić information content (AvgIpc) is 2.48. The summed E-state index contributed by atoms with van der Waals surface area (Å²) in [7, 11) is 1.81. The van der Waals surface area contributed by atoms with Crippen LogP contribution in [0.25, 0.3) is 0 Å². The van der Waals surface area contributed by atoms with Crippen LogP contribution < -0.4 is 10.6 Å². The van der Waals surface area contributed by atoms with Crippen LogP contribution in [-0.2, 0) is 11.3 Å². The maximum atomic E-state index is 6.09. The van der Waals surface area contributed by atoms with Gasteiger partial charge in [-0.1, -0.05) is 11.6 Å². The van der Waals surface area contributed by atoms with Gasteiger partial charge < -0.3 is 15.4 Å². The van der Waals surface area contributed by atoms with Gasteiger partial charge in [0.2, 0.25) is 0 Å². The SMILES string of the molecule is CCOCc1nc(NC)cc(Nc2ccc(Br)c(Cl)c2)n1. The summed E-state index contributed by atoms with van der Waals surface area (Å²) in [5.74, 6) is 2.03. The molecule has 0 saturated carbocycles. The van der Waals surface area contributed by atoms with Gasteiger partial charge in [0.25, 0.3) is 0 Å². The molecule has 0 saturated heterocycles. The average molecular weight is 372 g/mol. The van der Waals surface area contributed by atoms with Crippen molar-refractivity contribution >= 4 is 44.9 Å². The number of aromatic nitrogens is 2. The van der Waals surface area contributed by atoms with Crippen LogP contribution in [-0.4, -0.2) is 23.6 Å². The number of nitrogens with zero attached hydrogens (tertiary/aromatic N) is 2. The molecule has 0 radical (unpaired) electrons. The molecule has 0 aliphatic rings. The number of ether oxygens (including phenoxy) is 1. The lowest BCUT2D eigenvalue weighted by Gasteiger charge is -2.10. The molecule has 2 rings (SSSR count). The van der Waals surface area contributed by atoms with Crippen molar-refractivity contribution in [1.29, 1.82) is 0 Å². The van der Waals surface area contributed by atoms with E-state index in [9.17, 15) is 0 Å². The van der Waals surface area contributed by atoms with Crippen LogP contribution in [0.15, 0.2) is 28.7 Å². The predicted molar refractivity (Wildman–Crippen MR) is 89.3 cm³/mol. The third-order valence-corrected chi connectivity index (χ3v) is 3.89. The number of nitrogens with one attached hydrogen (secondary N) is 2. The lowest BCUT2D eigenvalue weighted by molar-refractivity contribution is 0.128. The third-order valence-electron chi connectivity index (χ3n) is 2.66. The van der Waals surface area contributed by atoms with Gasteiger partial charge in [-0.05, 0) is 41.1 Å². The Morgan fingerprint density at radius 1 is 1.24 bits per heavy atom. The van der Waals surface area contributed by atoms with Crippen LogP contribution in [0, 0.1) is 0 Å². The highest BCUT2D eigenvalue weighted by molar-refractivity contribution is 9.10. The van der Waals surface area contributed by atoms with E-state index >= 15 is 0 Å². The minimum absolute atomic E-state index is 0.377. The van der Waals surface area contributed by atoms with E-state index in [1.165, 1.54) is 0 Å². The fourth-order valence-corrected chi connectivity index (χ4v) is 2.10. The van der Waals surface area contributed by atoms with Crippen molar-refractivity contribution in [2.75, 3.05) is 24.3 Å². The van der Waals surface area contributed by atoms with Gasteiger partial charge in [-0.3, -0.25) is 0 Å². The number of rotatable bonds is 6. The molecule has 0 atom stereocenters. The molecule has 5 nitrogen and oxygen atoms in total. The number of anilines is 3. The first-order valence-corrected chi connectivity index (χ1v) is 7.65. The Morgan fingerprint density at radius 2 is 2.00 bits per heavy atom. The van der Waals surface area contributed by atoms with Gasteiger partial charge in [-0.2, -0.15) is 0 Å². The second kappa shape index (κ2) is 7.59. The van der Waals surface area contributed by atoms with Crippen molar-refractivity contribution in [1.82, 2.24) is 9.97 Å². The van der Waals surface area contributed by atoms with Gasteiger partial charge in [0, 0.05) is 29.9 Å². The molecule has 0 fully saturated rings. The summed E-state index contributed by atoms with van der Waals surface area (Å²) in [5, 5.41) is 6.86. The van der Waals surface area contributed by atoms with E-state index in [0.717, 1.165) is 16.0 Å². The van der Waals surface area contributed by atoms with Crippen molar-refractivity contribution < 1.29 is 4.74 Å². The number of halogens is 2. The van der Waals surface area contributed by atoms with Gasteiger partial charge in [-0.15, -0.1) is 0 Å². The van der Waals surface area contributed by atoms with E-state index < -0.39 is 0 Å². The third kappa shape index (κ3) is 4.56. The quantitative estimate of drug-likeness (QED) is 0.796. The molecule has 2 aromatic rings. The van der Waals surface area contributed by atoms with Crippen molar-refractivity contribution in [2.24, 2.45) is 0 Å². The summed E-state index contributed by atoms with van der Waals surface area (Å²) < 4.78 is 6.20. The van der Waals surface area contributed by atoms with E-state index in [1.807, 2.05) is 38.2 Å². The molecule has 112 valence electrons. The molecule has 0 unspecified atom stereocenters. The van der Waals surface area contributed by atoms with Crippen molar-refractivity contribution in [3.05, 3.63) is 39.6 Å². The Labute approximate surface area is 137 Å². The zero-order valence-corrected chi connectivity index (χ0v) is 14.1. The van der Waals surface area contributed by atoms with Gasteiger partial charge in [0.05, 0.1) is 5.02 Å². The van der Waals surface area contributed by atoms with Crippen LogP contribution in [0.2, 0.25) is 5.02 Å². The van der Waals surface area contributed by atoms with E-state index in [1.54, 1.807) is 0 Å². The minimum atomic E-state index is 0.377. The van der Waals surface area contributed by atoms with E-state index in [-0.39, 0.29) is 0 Å². The largest absolute Gasteiger partial charge is 0.374 e. The Bertz CT molecular complexity index is 624. The highest BCUT2D eigenvalue weighted by Crippen LogP contribution is 2.27. The monoisotopic (exact) mass is 370 g/mol. The van der Waals surface area contributed by atoms with Gasteiger partial charge in [0.1, 0.15) is 18.2 Å². The molecule has 2 N–H and O–H groups in total. The van der Waals surface area contributed by atoms with Crippen molar-refractivity contribution in [3.8, 4) is 0 Å². The summed E-state index contributed by atoms with van der Waals surface area (Å²) in [6.45, 7) is 2.94. The molecule has 0 aliphatic carbocycles. The summed E-state index contributed by atoms with van der Waals surface area (Å²) in [5.41, 5.74) is 0.853. The van der Waals surface area contributed by atoms with Crippen LogP contribution in [0.4, 0.5) is 17.3 Å². The Hall–Kier alpha value is -1.37. The highest BCUT2D eigenvalue weighted by atomic mass is 79.9. The Kier molecular flexibility index (Phi) is 5.78. The van der Waals surface area contributed by atoms with E-state index in [2.05, 4.69) is 36.5 Å². The Balaban J connectivity index is 2.23. The molecule has 7 heteroatoms. The number of benzene rings is 1. The predicted octanol–water partition coefficient (Wildman–Crippen LogP) is 4.21. The molecule has 0 amide bonds. The zero-order valence-electron chi connectivity index (χ0n) is 11.8. The van der Waals surface area contributed by atoms with Gasteiger partial charge in [-0.25, -0.2) is 9.97 Å². The molecule has 1 heterocycles. The van der Waals surface area contributed by atoms with Crippen LogP contribution in [0.5, 0.6) is 0 Å². The van der Waals surface area contributed by atoms with Crippen molar-refractivity contribution in [2.45, 2.75) is 13.5 Å². The molecular formula is C14H16BrClN4O. The van der Waals surface area contributed by atoms with Crippen LogP contribution in [0.3, 0.4) is 0 Å². The first-order chi connectivity index (χ1) is 10.1. The summed E-state index contributed by atoms with van der Waals surface area (Å²) in [4.78, 5) is 8.77. The topological polar surface area (TPSA) is 59.1 Å². The summed E-state index contributed by atoms with van der Waals surface area (Å²) >= 11 is 9.45. The standard InChI is InChI=1S/C14H16BrClN4O/c1-3-21-8-14-19-12(17-2)7-13(20-14)18-9-4-5-10(15)11(16)6-9/h4-7H,3,8H2,1-2H3,(H2,17,18,19,20). The summed E-state index contributed by atoms with van der Waals surface area (Å²) in [6, 6.07) is 7.45. The molecule has 1 aromatic carbocycles. The maximum Gasteiger partial charge on any atom is 0.158 e. The molecule has 0 bridgehead atoms. The number of hydrogen-bond donors (Lipinski definition) is 2. The Morgan fingerprint density at radius 3 is 2.67 bits per heavy atom. The first kappa shape index (κ1) is 16.0. The molecule has 1 aromatic heterocycles. The number of hydrogen-bond acceptors (Lipinski definition) is 5. The normalized spacial score (nSPS) is 10.5. The van der Waals surface area contributed by atoms with Crippen molar-refractivity contribution in [3.63, 3.8) is 0 Å². The lowest BCUT2D eigenvalue weighted by Crippen LogP contribution is -2.05. The minimum Gasteiger partial charge on any atom is -0.374 e. The molecule has 21 heavy (non-hydrogen) atoms. The highest BCUT2D eigenvalue weighted by Gasteiger charge is 2.06. The smallest absolute Gasteiger partial charge is 0.158 e. The first-order valence-electron chi connectivity index (χ1n) is 6.48. The second-order valence-corrected chi connectivity index (χ2v) is 5.46. The van der Waals surface area contributed by atoms with Gasteiger partial charge >= 0.3 is 0 Å². The van der Waals surface area contributed by atoms with E-state index in [0.29, 0.717) is 29.9 Å². The fourth-order valence-electron chi connectivity index (χ4n) is 1.67. The summed E-state index contributed by atoms with van der Waals surface area (Å²) in [6.07, 6.45) is 0. The molecular weight excluding hydrogens is 356 g/mol. The van der Waals surface area contributed by atoms with Crippen LogP contribution in [0.1, 0.15) is 12.7 Å². The molecule has 0 spiro atoms. The second-order valence-electron chi connectivity index (χ2n) is 4.20. The van der Waals surface area contributed by atoms with E-state index in [4.69, 9.17) is 16.3 Å². The zero-order chi connectivity index (χ0) is 15.2.